The molecule has 0 bridgehead atoms. The van der Waals surface area contributed by atoms with Crippen LogP contribution < -0.4 is 10.6 Å². The predicted molar refractivity (Wildman–Crippen MR) is 115 cm³/mol. The van der Waals surface area contributed by atoms with E-state index in [9.17, 15) is 4.79 Å². The second kappa shape index (κ2) is 7.54. The Morgan fingerprint density at radius 3 is 2.50 bits per heavy atom. The van der Waals surface area contributed by atoms with Gasteiger partial charge in [-0.05, 0) is 54.6 Å². The molecule has 0 unspecified atom stereocenters. The van der Waals surface area contributed by atoms with E-state index in [4.69, 9.17) is 23.2 Å². The lowest BCUT2D eigenvalue weighted by molar-refractivity contribution is 0.102. The molecule has 140 valence electrons. The predicted octanol–water partition coefficient (Wildman–Crippen LogP) is 5.83. The molecule has 0 saturated carbocycles. The Labute approximate surface area is 171 Å². The van der Waals surface area contributed by atoms with E-state index in [2.05, 4.69) is 20.6 Å². The van der Waals surface area contributed by atoms with Crippen LogP contribution in [0.25, 0.3) is 22.4 Å². The van der Waals surface area contributed by atoms with Gasteiger partial charge in [-0.1, -0.05) is 29.3 Å². The molecule has 1 amide bonds. The highest BCUT2D eigenvalue weighted by molar-refractivity contribution is 6.44. The highest BCUT2D eigenvalue weighted by Gasteiger charge is 2.13. The van der Waals surface area contributed by atoms with E-state index in [1.165, 1.54) is 0 Å². The zero-order valence-corrected chi connectivity index (χ0v) is 16.4. The quantitative estimate of drug-likeness (QED) is 0.396. The van der Waals surface area contributed by atoms with Gasteiger partial charge < -0.3 is 15.6 Å². The summed E-state index contributed by atoms with van der Waals surface area (Å²) in [6.07, 6.45) is 0. The second-order valence-electron chi connectivity index (χ2n) is 6.20. The Hall–Kier alpha value is -3.02. The lowest BCUT2D eigenvalue weighted by Crippen LogP contribution is -2.12. The number of rotatable bonds is 4. The summed E-state index contributed by atoms with van der Waals surface area (Å²) in [4.78, 5) is 20.4. The third-order valence-corrected chi connectivity index (χ3v) is 5.20. The van der Waals surface area contributed by atoms with Gasteiger partial charge in [-0.15, -0.1) is 0 Å². The van der Waals surface area contributed by atoms with Gasteiger partial charge in [-0.3, -0.25) is 4.79 Å². The maximum atomic E-state index is 12.4. The van der Waals surface area contributed by atoms with E-state index in [0.29, 0.717) is 16.3 Å². The van der Waals surface area contributed by atoms with Gasteiger partial charge in [0.2, 0.25) is 0 Å². The summed E-state index contributed by atoms with van der Waals surface area (Å²) in [5.74, 6) is 0.447. The van der Waals surface area contributed by atoms with E-state index in [-0.39, 0.29) is 10.9 Å². The molecule has 5 nitrogen and oxygen atoms in total. The number of fused-ring (bicyclic) bond motifs is 1. The van der Waals surface area contributed by atoms with Gasteiger partial charge in [0.15, 0.2) is 0 Å². The van der Waals surface area contributed by atoms with Gasteiger partial charge in [0.25, 0.3) is 5.91 Å². The van der Waals surface area contributed by atoms with Gasteiger partial charge >= 0.3 is 0 Å². The average molecular weight is 411 g/mol. The van der Waals surface area contributed by atoms with Crippen molar-refractivity contribution in [3.8, 4) is 11.4 Å². The second-order valence-corrected chi connectivity index (χ2v) is 6.99. The maximum Gasteiger partial charge on any atom is 0.257 e. The Morgan fingerprint density at radius 2 is 1.75 bits per heavy atom. The standard InChI is InChI=1S/C21H16Cl2N4O/c1-24-14-9-10-17-18(11-14)27-20(26-17)12-5-7-13(8-6-12)25-21(28)15-3-2-4-16(22)19(15)23/h2-11,24H,1H3,(H,25,28)(H,26,27). The molecule has 0 spiro atoms. The van der Waals surface area contributed by atoms with Crippen LogP contribution in [-0.2, 0) is 0 Å². The van der Waals surface area contributed by atoms with Crippen LogP contribution in [0.1, 0.15) is 10.4 Å². The van der Waals surface area contributed by atoms with Crippen LogP contribution in [-0.4, -0.2) is 22.9 Å². The van der Waals surface area contributed by atoms with E-state index in [1.54, 1.807) is 18.2 Å². The SMILES string of the molecule is CNc1ccc2nc(-c3ccc(NC(=O)c4cccc(Cl)c4Cl)cc3)[nH]c2c1. The van der Waals surface area contributed by atoms with E-state index >= 15 is 0 Å². The molecule has 4 rings (SSSR count). The number of aromatic amines is 1. The van der Waals surface area contributed by atoms with Crippen molar-refractivity contribution in [3.63, 3.8) is 0 Å². The highest BCUT2D eigenvalue weighted by Crippen LogP contribution is 2.27. The monoisotopic (exact) mass is 410 g/mol. The lowest BCUT2D eigenvalue weighted by atomic mass is 10.1. The summed E-state index contributed by atoms with van der Waals surface area (Å²) in [6, 6.07) is 18.3. The minimum Gasteiger partial charge on any atom is -0.388 e. The molecular weight excluding hydrogens is 395 g/mol. The summed E-state index contributed by atoms with van der Waals surface area (Å²) < 4.78 is 0. The molecule has 0 saturated heterocycles. The zero-order valence-electron chi connectivity index (χ0n) is 14.9. The number of aromatic nitrogens is 2. The summed E-state index contributed by atoms with van der Waals surface area (Å²) in [6.45, 7) is 0. The number of benzene rings is 3. The molecule has 0 aliphatic rings. The van der Waals surface area contributed by atoms with E-state index in [0.717, 1.165) is 28.1 Å². The van der Waals surface area contributed by atoms with Crippen LogP contribution in [0.5, 0.6) is 0 Å². The van der Waals surface area contributed by atoms with Crippen LogP contribution in [0.3, 0.4) is 0 Å². The van der Waals surface area contributed by atoms with Gasteiger partial charge in [-0.25, -0.2) is 4.98 Å². The van der Waals surface area contributed by atoms with Crippen molar-refractivity contribution in [2.45, 2.75) is 0 Å². The lowest BCUT2D eigenvalue weighted by Gasteiger charge is -2.08. The zero-order chi connectivity index (χ0) is 19.7. The molecular formula is C21H16Cl2N4O. The van der Waals surface area contributed by atoms with Crippen molar-refractivity contribution < 1.29 is 4.79 Å². The first-order valence-electron chi connectivity index (χ1n) is 8.58. The molecule has 3 N–H and O–H groups in total. The van der Waals surface area contributed by atoms with Crippen molar-refractivity contribution in [3.05, 3.63) is 76.3 Å². The molecule has 3 aromatic carbocycles. The molecule has 0 radical (unpaired) electrons. The Morgan fingerprint density at radius 1 is 1.00 bits per heavy atom. The first kappa shape index (κ1) is 18.3. The summed E-state index contributed by atoms with van der Waals surface area (Å²) in [7, 11) is 1.88. The van der Waals surface area contributed by atoms with Gasteiger partial charge in [0.1, 0.15) is 5.82 Å². The topological polar surface area (TPSA) is 69.8 Å². The fourth-order valence-electron chi connectivity index (χ4n) is 2.89. The smallest absolute Gasteiger partial charge is 0.257 e. The van der Waals surface area contributed by atoms with Crippen LogP contribution in [0.2, 0.25) is 10.0 Å². The van der Waals surface area contributed by atoms with Crippen molar-refractivity contribution >= 4 is 51.5 Å². The third kappa shape index (κ3) is 3.54. The Kier molecular flexibility index (Phi) is 4.94. The number of anilines is 2. The molecule has 4 aromatic rings. The van der Waals surface area contributed by atoms with Crippen molar-refractivity contribution in [1.29, 1.82) is 0 Å². The average Bonchev–Trinajstić information content (AvgIpc) is 3.13. The maximum absolute atomic E-state index is 12.4. The molecule has 28 heavy (non-hydrogen) atoms. The number of hydrogen-bond donors (Lipinski definition) is 3. The number of nitrogens with one attached hydrogen (secondary N) is 3. The summed E-state index contributed by atoms with van der Waals surface area (Å²) >= 11 is 12.1. The number of imidazole rings is 1. The number of carbonyl (C=O) groups excluding carboxylic acids is 1. The van der Waals surface area contributed by atoms with E-state index in [1.807, 2.05) is 49.5 Å². The van der Waals surface area contributed by atoms with Gasteiger partial charge in [-0.2, -0.15) is 0 Å². The molecule has 0 atom stereocenters. The summed E-state index contributed by atoms with van der Waals surface area (Å²) in [5.41, 5.74) is 4.76. The third-order valence-electron chi connectivity index (χ3n) is 4.38. The normalized spacial score (nSPS) is 10.8. The first-order chi connectivity index (χ1) is 13.5. The van der Waals surface area contributed by atoms with Crippen LogP contribution in [0.4, 0.5) is 11.4 Å². The largest absolute Gasteiger partial charge is 0.388 e. The Bertz CT molecular complexity index is 1170. The van der Waals surface area contributed by atoms with Gasteiger partial charge in [0, 0.05) is 24.0 Å². The molecule has 0 aliphatic heterocycles. The van der Waals surface area contributed by atoms with Crippen molar-refractivity contribution in [2.75, 3.05) is 17.7 Å². The molecule has 7 heteroatoms. The van der Waals surface area contributed by atoms with Crippen molar-refractivity contribution in [1.82, 2.24) is 9.97 Å². The minimum absolute atomic E-state index is 0.238. The molecule has 0 aliphatic carbocycles. The molecule has 1 heterocycles. The number of nitrogens with zero attached hydrogens (tertiary/aromatic N) is 1. The summed E-state index contributed by atoms with van der Waals surface area (Å²) in [5, 5.41) is 6.52. The number of H-pyrrole nitrogens is 1. The molecule has 0 fully saturated rings. The number of carbonyl (C=O) groups is 1. The fourth-order valence-corrected chi connectivity index (χ4v) is 3.28. The van der Waals surface area contributed by atoms with Crippen LogP contribution >= 0.6 is 23.2 Å². The Balaban J connectivity index is 1.55. The van der Waals surface area contributed by atoms with Crippen LogP contribution in [0.15, 0.2) is 60.7 Å². The molecule has 1 aromatic heterocycles. The van der Waals surface area contributed by atoms with Crippen molar-refractivity contribution in [2.24, 2.45) is 0 Å². The minimum atomic E-state index is -0.316. The van der Waals surface area contributed by atoms with Gasteiger partial charge in [0.05, 0.1) is 26.6 Å². The highest BCUT2D eigenvalue weighted by atomic mass is 35.5. The fraction of sp³-hybridized carbons (Fsp3) is 0.0476. The first-order valence-corrected chi connectivity index (χ1v) is 9.34. The van der Waals surface area contributed by atoms with E-state index < -0.39 is 0 Å². The number of amides is 1. The number of hydrogen-bond acceptors (Lipinski definition) is 3. The number of halogens is 2. The van der Waals surface area contributed by atoms with Crippen LogP contribution in [0, 0.1) is 0 Å².